The molecule has 0 aromatic rings. The Balaban J connectivity index is 2.72. The second kappa shape index (κ2) is 10.9. The highest BCUT2D eigenvalue weighted by atomic mass is 16.7. The average Bonchev–Trinajstić information content (AvgIpc) is 2.62. The van der Waals surface area contributed by atoms with Gasteiger partial charge in [0.2, 0.25) is 6.29 Å². The summed E-state index contributed by atoms with van der Waals surface area (Å²) in [6, 6.07) is 0. The zero-order valence-electron chi connectivity index (χ0n) is 13.8. The van der Waals surface area contributed by atoms with E-state index in [1.54, 1.807) is 0 Å². The Hall–Kier alpha value is -1.02. The monoisotopic (exact) mass is 368 g/mol. The fourth-order valence-electron chi connectivity index (χ4n) is 2.17. The molecule has 0 aliphatic carbocycles. The molecule has 0 amide bonds. The number of aliphatic hydroxyl groups excluding tert-OH is 4. The van der Waals surface area contributed by atoms with Gasteiger partial charge < -0.3 is 48.9 Å². The molecule has 0 bridgehead atoms. The van der Waals surface area contributed by atoms with Gasteiger partial charge in [0.25, 0.3) is 0 Å². The van der Waals surface area contributed by atoms with Gasteiger partial charge in [0, 0.05) is 14.2 Å². The van der Waals surface area contributed by atoms with E-state index in [1.165, 1.54) is 14.2 Å². The summed E-state index contributed by atoms with van der Waals surface area (Å²) in [6.45, 7) is -0.545. The highest BCUT2D eigenvalue weighted by Crippen LogP contribution is 2.23. The fourth-order valence-corrected chi connectivity index (χ4v) is 2.17. The Labute approximate surface area is 144 Å². The van der Waals surface area contributed by atoms with E-state index in [0.29, 0.717) is 6.29 Å². The van der Waals surface area contributed by atoms with Crippen LogP contribution in [-0.2, 0) is 33.3 Å². The summed E-state index contributed by atoms with van der Waals surface area (Å²) in [4.78, 5) is 21.5. The Morgan fingerprint density at radius 1 is 1.08 bits per heavy atom. The van der Waals surface area contributed by atoms with Crippen molar-refractivity contribution in [3.63, 3.8) is 0 Å². The first-order chi connectivity index (χ1) is 11.9. The van der Waals surface area contributed by atoms with Gasteiger partial charge in [-0.1, -0.05) is 0 Å². The molecule has 146 valence electrons. The zero-order chi connectivity index (χ0) is 19.0. The minimum atomic E-state index is -1.64. The van der Waals surface area contributed by atoms with E-state index in [0.717, 1.165) is 0 Å². The molecule has 0 radical (unpaired) electrons. The van der Waals surface area contributed by atoms with Crippen molar-refractivity contribution in [2.45, 2.75) is 49.2 Å². The van der Waals surface area contributed by atoms with E-state index in [-0.39, 0.29) is 12.9 Å². The second-order valence-corrected chi connectivity index (χ2v) is 5.34. The van der Waals surface area contributed by atoms with Crippen LogP contribution >= 0.6 is 0 Å². The summed E-state index contributed by atoms with van der Waals surface area (Å²) in [5.74, 6) is 0. The first-order valence-corrected chi connectivity index (χ1v) is 7.46. The molecule has 1 aliphatic rings. The topological polar surface area (TPSA) is 161 Å². The van der Waals surface area contributed by atoms with Crippen molar-refractivity contribution in [1.29, 1.82) is 0 Å². The van der Waals surface area contributed by atoms with E-state index in [1.807, 2.05) is 0 Å². The summed E-state index contributed by atoms with van der Waals surface area (Å²) in [5.41, 5.74) is 0. The lowest BCUT2D eigenvalue weighted by atomic mass is 9.99. The van der Waals surface area contributed by atoms with Crippen molar-refractivity contribution in [2.24, 2.45) is 0 Å². The SMILES string of the molecule is COCC1O[C@@H](OCC(OC(C=O)OC)C(O)C=O)C(O)[C@@H](O)[C@@H]1O. The van der Waals surface area contributed by atoms with Crippen molar-refractivity contribution in [2.75, 3.05) is 27.4 Å². The maximum absolute atomic E-state index is 10.8. The third-order valence-electron chi connectivity index (χ3n) is 3.60. The van der Waals surface area contributed by atoms with Crippen LogP contribution in [0.15, 0.2) is 0 Å². The highest BCUT2D eigenvalue weighted by molar-refractivity contribution is 5.57. The van der Waals surface area contributed by atoms with Crippen molar-refractivity contribution in [3.05, 3.63) is 0 Å². The second-order valence-electron chi connectivity index (χ2n) is 5.34. The van der Waals surface area contributed by atoms with Crippen LogP contribution < -0.4 is 0 Å². The van der Waals surface area contributed by atoms with Crippen LogP contribution in [0.25, 0.3) is 0 Å². The van der Waals surface area contributed by atoms with Gasteiger partial charge in [0.1, 0.15) is 36.6 Å². The molecule has 1 saturated heterocycles. The third kappa shape index (κ3) is 6.02. The molecule has 0 aromatic carbocycles. The van der Waals surface area contributed by atoms with E-state index in [4.69, 9.17) is 18.9 Å². The number of rotatable bonds is 11. The fraction of sp³-hybridized carbons (Fsp3) is 0.857. The summed E-state index contributed by atoms with van der Waals surface area (Å²) in [6.07, 6.45) is -10.7. The molecule has 11 nitrogen and oxygen atoms in total. The molecule has 1 fully saturated rings. The summed E-state index contributed by atoms with van der Waals surface area (Å²) >= 11 is 0. The lowest BCUT2D eigenvalue weighted by molar-refractivity contribution is -0.309. The number of aliphatic hydroxyl groups is 4. The molecule has 1 aliphatic heterocycles. The van der Waals surface area contributed by atoms with Crippen molar-refractivity contribution < 1.29 is 53.7 Å². The van der Waals surface area contributed by atoms with Crippen LogP contribution in [0.4, 0.5) is 0 Å². The number of hydrogen-bond donors (Lipinski definition) is 4. The van der Waals surface area contributed by atoms with Gasteiger partial charge in [0.15, 0.2) is 18.9 Å². The number of hydrogen-bond acceptors (Lipinski definition) is 11. The lowest BCUT2D eigenvalue weighted by Crippen LogP contribution is -2.59. The van der Waals surface area contributed by atoms with Gasteiger partial charge in [-0.15, -0.1) is 0 Å². The Kier molecular flexibility index (Phi) is 9.56. The summed E-state index contributed by atoms with van der Waals surface area (Å²) in [7, 11) is 2.54. The number of carbonyl (C=O) groups excluding carboxylic acids is 2. The van der Waals surface area contributed by atoms with Gasteiger partial charge >= 0.3 is 0 Å². The van der Waals surface area contributed by atoms with Gasteiger partial charge in [-0.3, -0.25) is 4.79 Å². The van der Waals surface area contributed by atoms with Gasteiger partial charge in [-0.25, -0.2) is 0 Å². The minimum Gasteiger partial charge on any atom is -0.387 e. The predicted molar refractivity (Wildman–Crippen MR) is 78.3 cm³/mol. The normalized spacial score (nSPS) is 33.4. The Morgan fingerprint density at radius 3 is 2.28 bits per heavy atom. The molecule has 11 heteroatoms. The third-order valence-corrected chi connectivity index (χ3v) is 3.60. The van der Waals surface area contributed by atoms with Crippen molar-refractivity contribution in [1.82, 2.24) is 0 Å². The molecular weight excluding hydrogens is 344 g/mol. The van der Waals surface area contributed by atoms with Crippen molar-refractivity contribution >= 4 is 12.6 Å². The Morgan fingerprint density at radius 2 is 1.76 bits per heavy atom. The van der Waals surface area contributed by atoms with Gasteiger partial charge in [0.05, 0.1) is 13.2 Å². The van der Waals surface area contributed by atoms with Crippen LogP contribution in [0, 0.1) is 0 Å². The first kappa shape index (κ1) is 22.0. The van der Waals surface area contributed by atoms with Crippen LogP contribution in [0.5, 0.6) is 0 Å². The number of carbonyl (C=O) groups is 2. The smallest absolute Gasteiger partial charge is 0.214 e. The van der Waals surface area contributed by atoms with E-state index in [9.17, 15) is 30.0 Å². The number of ether oxygens (including phenoxy) is 5. The minimum absolute atomic E-state index is 0.0708. The quantitative estimate of drug-likeness (QED) is 0.212. The van der Waals surface area contributed by atoms with Gasteiger partial charge in [-0.05, 0) is 0 Å². The maximum atomic E-state index is 10.8. The van der Waals surface area contributed by atoms with E-state index >= 15 is 0 Å². The Bertz CT molecular complexity index is 406. The van der Waals surface area contributed by atoms with Crippen molar-refractivity contribution in [3.8, 4) is 0 Å². The summed E-state index contributed by atoms with van der Waals surface area (Å²) in [5, 5.41) is 39.2. The first-order valence-electron chi connectivity index (χ1n) is 7.46. The van der Waals surface area contributed by atoms with Crippen LogP contribution in [0.1, 0.15) is 0 Å². The highest BCUT2D eigenvalue weighted by Gasteiger charge is 2.44. The molecule has 4 N–H and O–H groups in total. The number of methoxy groups -OCH3 is 2. The van der Waals surface area contributed by atoms with E-state index in [2.05, 4.69) is 4.74 Å². The number of aldehydes is 2. The molecule has 25 heavy (non-hydrogen) atoms. The molecule has 0 saturated carbocycles. The van der Waals surface area contributed by atoms with Crippen LogP contribution in [0.2, 0.25) is 0 Å². The molecule has 1 rings (SSSR count). The predicted octanol–water partition coefficient (Wildman–Crippen LogP) is -3.43. The standard InChI is InChI=1S/C14H24O11/c1-21-5-9-11(18)12(19)13(20)14(25-9)23-6-8(7(17)3-15)24-10(4-16)22-2/h3-4,7-14,17-20H,5-6H2,1-2H3/t7?,8?,9?,10?,11-,12+,13?,14-/m1/s1. The van der Waals surface area contributed by atoms with Crippen LogP contribution in [0.3, 0.4) is 0 Å². The zero-order valence-corrected chi connectivity index (χ0v) is 13.8. The molecule has 5 unspecified atom stereocenters. The van der Waals surface area contributed by atoms with E-state index < -0.39 is 55.8 Å². The molecule has 1 heterocycles. The molecular formula is C14H24O11. The molecule has 0 aromatic heterocycles. The van der Waals surface area contributed by atoms with Gasteiger partial charge in [-0.2, -0.15) is 0 Å². The largest absolute Gasteiger partial charge is 0.387 e. The maximum Gasteiger partial charge on any atom is 0.214 e. The van der Waals surface area contributed by atoms with Crippen LogP contribution in [-0.4, -0.2) is 110 Å². The lowest BCUT2D eigenvalue weighted by Gasteiger charge is -2.40. The summed E-state index contributed by atoms with van der Waals surface area (Å²) < 4.78 is 25.2. The molecule has 0 spiro atoms. The molecule has 8 atom stereocenters. The average molecular weight is 368 g/mol.